The fourth-order valence-electron chi connectivity index (χ4n) is 4.75. The molecule has 2 aromatic rings. The van der Waals surface area contributed by atoms with Gasteiger partial charge in [-0.15, -0.1) is 0 Å². The van der Waals surface area contributed by atoms with Crippen LogP contribution in [0.1, 0.15) is 39.7 Å². The number of carbonyl (C=O) groups excluding carboxylic acids is 3. The molecule has 40 heavy (non-hydrogen) atoms. The van der Waals surface area contributed by atoms with Gasteiger partial charge in [-0.3, -0.25) is 14.4 Å². The lowest BCUT2D eigenvalue weighted by atomic mass is 10.0. The van der Waals surface area contributed by atoms with E-state index in [-0.39, 0.29) is 25.9 Å². The first-order valence-corrected chi connectivity index (χ1v) is 13.9. The van der Waals surface area contributed by atoms with Crippen LogP contribution in [0, 0.1) is 5.92 Å². The highest BCUT2D eigenvalue weighted by atomic mass is 16.5. The number of nitrogens with zero attached hydrogens (tertiary/aromatic N) is 1. The van der Waals surface area contributed by atoms with Gasteiger partial charge in [-0.05, 0) is 42.6 Å². The molecule has 0 radical (unpaired) electrons. The molecule has 1 fully saturated rings. The number of aliphatic hydroxyl groups excluding tert-OH is 2. The molecule has 3 amide bonds. The number of hydrogen-bond acceptors (Lipinski definition) is 7. The third-order valence-electron chi connectivity index (χ3n) is 7.20. The van der Waals surface area contributed by atoms with E-state index in [0.29, 0.717) is 12.5 Å². The first-order chi connectivity index (χ1) is 18.9. The highest BCUT2D eigenvalue weighted by Gasteiger charge is 2.44. The minimum atomic E-state index is -1.18. The number of methoxy groups -OCH3 is 1. The molecule has 10 heteroatoms. The smallest absolute Gasteiger partial charge is 0.254 e. The van der Waals surface area contributed by atoms with Crippen LogP contribution in [-0.2, 0) is 25.5 Å². The predicted molar refractivity (Wildman–Crippen MR) is 154 cm³/mol. The molecule has 220 valence electrons. The van der Waals surface area contributed by atoms with Crippen molar-refractivity contribution in [3.05, 3.63) is 48.0 Å². The Bertz CT molecular complexity index is 1170. The summed E-state index contributed by atoms with van der Waals surface area (Å²) in [6, 6.07) is 11.8. The van der Waals surface area contributed by atoms with E-state index in [9.17, 15) is 24.6 Å². The Kier molecular flexibility index (Phi) is 11.0. The maximum atomic E-state index is 13.5. The molecule has 4 unspecified atom stereocenters. The highest BCUT2D eigenvalue weighted by molar-refractivity contribution is 5.94. The van der Waals surface area contributed by atoms with E-state index in [0.717, 1.165) is 22.9 Å². The Morgan fingerprint density at radius 2 is 1.77 bits per heavy atom. The molecule has 1 aliphatic heterocycles. The Morgan fingerprint density at radius 3 is 2.45 bits per heavy atom. The molecular weight excluding hydrogens is 512 g/mol. The summed E-state index contributed by atoms with van der Waals surface area (Å²) >= 11 is 0. The zero-order chi connectivity index (χ0) is 29.4. The van der Waals surface area contributed by atoms with Gasteiger partial charge in [-0.25, -0.2) is 0 Å². The summed E-state index contributed by atoms with van der Waals surface area (Å²) in [5, 5.41) is 31.4. The summed E-state index contributed by atoms with van der Waals surface area (Å²) in [4.78, 5) is 41.2. The van der Waals surface area contributed by atoms with Gasteiger partial charge in [0.1, 0.15) is 17.7 Å². The monoisotopic (exact) mass is 556 g/mol. The maximum Gasteiger partial charge on any atom is 0.254 e. The van der Waals surface area contributed by atoms with Gasteiger partial charge < -0.3 is 35.8 Å². The Morgan fingerprint density at radius 1 is 1.07 bits per heavy atom. The van der Waals surface area contributed by atoms with Crippen LogP contribution in [0.5, 0.6) is 0 Å². The number of amides is 3. The third kappa shape index (κ3) is 8.47. The van der Waals surface area contributed by atoms with Gasteiger partial charge in [-0.2, -0.15) is 0 Å². The van der Waals surface area contributed by atoms with Gasteiger partial charge in [-0.1, -0.05) is 56.3 Å². The van der Waals surface area contributed by atoms with E-state index in [1.165, 1.54) is 12.0 Å². The fourth-order valence-corrected chi connectivity index (χ4v) is 4.75. The van der Waals surface area contributed by atoms with Crippen LogP contribution in [0.25, 0.3) is 10.8 Å². The number of fused-ring (bicyclic) bond motifs is 1. The summed E-state index contributed by atoms with van der Waals surface area (Å²) in [6.07, 6.45) is -1.40. The van der Waals surface area contributed by atoms with Crippen LogP contribution in [0.3, 0.4) is 0 Å². The summed E-state index contributed by atoms with van der Waals surface area (Å²) < 4.78 is 5.31. The van der Waals surface area contributed by atoms with Gasteiger partial charge in [0.15, 0.2) is 0 Å². The van der Waals surface area contributed by atoms with Crippen LogP contribution in [0.2, 0.25) is 0 Å². The number of hydrogen-bond donors (Lipinski definition) is 5. The molecule has 4 atom stereocenters. The van der Waals surface area contributed by atoms with Gasteiger partial charge >= 0.3 is 0 Å². The van der Waals surface area contributed by atoms with Crippen molar-refractivity contribution in [3.8, 4) is 0 Å². The van der Waals surface area contributed by atoms with Gasteiger partial charge in [0.2, 0.25) is 11.8 Å². The predicted octanol–water partition coefficient (Wildman–Crippen LogP) is 0.977. The van der Waals surface area contributed by atoms with E-state index in [1.54, 1.807) is 13.8 Å². The second-order valence-corrected chi connectivity index (χ2v) is 11.5. The van der Waals surface area contributed by atoms with Crippen molar-refractivity contribution in [3.63, 3.8) is 0 Å². The molecular formula is C30H44N4O6. The third-order valence-corrected chi connectivity index (χ3v) is 7.20. The molecule has 3 rings (SSSR count). The minimum absolute atomic E-state index is 0.000811. The molecule has 0 spiro atoms. The summed E-state index contributed by atoms with van der Waals surface area (Å²) in [5.41, 5.74) is -0.331. The molecule has 0 bridgehead atoms. The number of likely N-dealkylation sites (tertiary alicyclic amines) is 1. The molecule has 1 saturated heterocycles. The minimum Gasteiger partial charge on any atom is -0.391 e. The molecule has 2 aromatic carbocycles. The Labute approximate surface area is 236 Å². The lowest BCUT2D eigenvalue weighted by Crippen LogP contribution is -2.57. The first-order valence-electron chi connectivity index (χ1n) is 13.9. The van der Waals surface area contributed by atoms with Crippen molar-refractivity contribution in [2.45, 2.75) is 70.4 Å². The lowest BCUT2D eigenvalue weighted by molar-refractivity contribution is -0.154. The number of rotatable bonds is 13. The fraction of sp³-hybridized carbons (Fsp3) is 0.567. The number of β-amino-alcohol motifs (C(OH)–C–C–N with tert-alkyl or cyclic N) is 1. The van der Waals surface area contributed by atoms with Crippen molar-refractivity contribution < 1.29 is 29.3 Å². The van der Waals surface area contributed by atoms with Crippen molar-refractivity contribution in [2.75, 3.05) is 33.3 Å². The van der Waals surface area contributed by atoms with Crippen LogP contribution >= 0.6 is 0 Å². The lowest BCUT2D eigenvalue weighted by Gasteiger charge is -2.32. The number of ether oxygens (including phenoxy) is 1. The molecule has 0 saturated carbocycles. The molecule has 0 aromatic heterocycles. The number of benzene rings is 2. The number of aliphatic hydroxyl groups is 2. The van der Waals surface area contributed by atoms with Gasteiger partial charge in [0, 0.05) is 39.6 Å². The van der Waals surface area contributed by atoms with Crippen molar-refractivity contribution in [1.82, 2.24) is 20.9 Å². The Balaban J connectivity index is 1.76. The van der Waals surface area contributed by atoms with E-state index in [4.69, 9.17) is 4.74 Å². The van der Waals surface area contributed by atoms with E-state index < -0.39 is 47.6 Å². The maximum absolute atomic E-state index is 13.5. The van der Waals surface area contributed by atoms with E-state index in [1.807, 2.05) is 42.5 Å². The normalized spacial score (nSPS) is 19.1. The van der Waals surface area contributed by atoms with Crippen molar-refractivity contribution >= 4 is 28.5 Å². The number of carbonyl (C=O) groups is 3. The van der Waals surface area contributed by atoms with Gasteiger partial charge in [0.05, 0.1) is 12.2 Å². The topological polar surface area (TPSA) is 140 Å². The Hall–Kier alpha value is -3.05. The van der Waals surface area contributed by atoms with Crippen LogP contribution < -0.4 is 16.0 Å². The van der Waals surface area contributed by atoms with E-state index in [2.05, 4.69) is 29.8 Å². The standard InChI is InChI=1S/C30H44N4O6/c1-19(2)15-31-16-24(36)17-32-27(37)25(13-20-10-11-21-8-6-7-9-22(21)12-20)33-28(38)26-14-23(35)18-34(26)29(39)30(3,4)40-5/h6-12,19,23-26,31,35-36H,13-18H2,1-5H3,(H,32,37)(H,33,38). The van der Waals surface area contributed by atoms with Crippen LogP contribution in [0.15, 0.2) is 42.5 Å². The first kappa shape index (κ1) is 31.5. The van der Waals surface area contributed by atoms with Crippen molar-refractivity contribution in [1.29, 1.82) is 0 Å². The summed E-state index contributed by atoms with van der Waals surface area (Å²) in [6.45, 7) is 8.42. The van der Waals surface area contributed by atoms with Crippen LogP contribution in [0.4, 0.5) is 0 Å². The SMILES string of the molecule is COC(C)(C)C(=O)N1CC(O)CC1C(=O)NC(Cc1ccc2ccccc2c1)C(=O)NCC(O)CNCC(C)C. The van der Waals surface area contributed by atoms with E-state index >= 15 is 0 Å². The second-order valence-electron chi connectivity index (χ2n) is 11.5. The highest BCUT2D eigenvalue weighted by Crippen LogP contribution is 2.24. The van der Waals surface area contributed by atoms with Gasteiger partial charge in [0.25, 0.3) is 5.91 Å². The van der Waals surface area contributed by atoms with Crippen LogP contribution in [-0.4, -0.2) is 96.0 Å². The quantitative estimate of drug-likeness (QED) is 0.248. The molecule has 1 aliphatic rings. The molecule has 5 N–H and O–H groups in total. The molecule has 10 nitrogen and oxygen atoms in total. The number of nitrogens with one attached hydrogen (secondary N) is 3. The summed E-state index contributed by atoms with van der Waals surface area (Å²) in [5.74, 6) is -0.965. The molecule has 1 heterocycles. The zero-order valence-corrected chi connectivity index (χ0v) is 24.1. The largest absolute Gasteiger partial charge is 0.391 e. The average Bonchev–Trinajstić information content (AvgIpc) is 3.32. The average molecular weight is 557 g/mol. The molecule has 0 aliphatic carbocycles. The second kappa shape index (κ2) is 14.0. The summed E-state index contributed by atoms with van der Waals surface area (Å²) in [7, 11) is 1.41. The zero-order valence-electron chi connectivity index (χ0n) is 24.1. The van der Waals surface area contributed by atoms with Crippen molar-refractivity contribution in [2.24, 2.45) is 5.92 Å².